The monoisotopic (exact) mass is 206 g/mol. The van der Waals surface area contributed by atoms with E-state index in [1.165, 1.54) is 0 Å². The highest BCUT2D eigenvalue weighted by molar-refractivity contribution is 5.12. The smallest absolute Gasteiger partial charge is 0.0833 e. The van der Waals surface area contributed by atoms with Crippen molar-refractivity contribution in [3.05, 3.63) is 30.1 Å². The number of aromatic nitrogens is 1. The molecule has 0 radical (unpaired) electrons. The quantitative estimate of drug-likeness (QED) is 0.795. The molecule has 15 heavy (non-hydrogen) atoms. The Morgan fingerprint density at radius 2 is 2.20 bits per heavy atom. The van der Waals surface area contributed by atoms with Gasteiger partial charge in [-0.15, -0.1) is 0 Å². The Bertz CT molecular complexity index is 294. The summed E-state index contributed by atoms with van der Waals surface area (Å²) in [6.45, 7) is 2.17. The van der Waals surface area contributed by atoms with E-state index in [9.17, 15) is 5.11 Å². The van der Waals surface area contributed by atoms with E-state index >= 15 is 0 Å². The van der Waals surface area contributed by atoms with Crippen LogP contribution in [0.1, 0.15) is 24.5 Å². The Morgan fingerprint density at radius 3 is 2.80 bits per heavy atom. The summed E-state index contributed by atoms with van der Waals surface area (Å²) in [6.07, 6.45) is 5.32. The molecule has 0 spiro atoms. The second-order valence-corrected chi connectivity index (χ2v) is 4.37. The second kappa shape index (κ2) is 4.73. The van der Waals surface area contributed by atoms with Gasteiger partial charge in [-0.3, -0.25) is 4.98 Å². The molecule has 1 aliphatic heterocycles. The molecule has 0 saturated carbocycles. The fourth-order valence-electron chi connectivity index (χ4n) is 2.17. The molecule has 1 aromatic rings. The minimum Gasteiger partial charge on any atom is -0.388 e. The maximum absolute atomic E-state index is 10.2. The number of aliphatic hydroxyl groups is 1. The molecule has 1 fully saturated rings. The van der Waals surface area contributed by atoms with E-state index in [0.717, 1.165) is 31.5 Å². The molecule has 0 amide bonds. The van der Waals surface area contributed by atoms with Gasteiger partial charge in [-0.05, 0) is 50.5 Å². The van der Waals surface area contributed by atoms with Crippen LogP contribution in [-0.2, 0) is 0 Å². The first kappa shape index (κ1) is 10.6. The minimum atomic E-state index is -0.340. The Labute approximate surface area is 90.8 Å². The zero-order valence-electron chi connectivity index (χ0n) is 9.13. The van der Waals surface area contributed by atoms with Crippen LogP contribution in [0.4, 0.5) is 0 Å². The molecule has 82 valence electrons. The van der Waals surface area contributed by atoms with Crippen LogP contribution in [0, 0.1) is 5.92 Å². The molecule has 0 bridgehead atoms. The number of hydrogen-bond donors (Lipinski definition) is 1. The summed E-state index contributed by atoms with van der Waals surface area (Å²) in [5.41, 5.74) is 0.951. The van der Waals surface area contributed by atoms with Crippen LogP contribution in [0.25, 0.3) is 0 Å². The standard InChI is InChI=1S/C12H18N2O/c1-14-7-4-10(5-8-14)12(15)11-3-2-6-13-9-11/h2-3,6,9-10,12,15H,4-5,7-8H2,1H3. The maximum Gasteiger partial charge on any atom is 0.0833 e. The predicted molar refractivity (Wildman–Crippen MR) is 59.4 cm³/mol. The highest BCUT2D eigenvalue weighted by Gasteiger charge is 2.24. The molecule has 1 unspecified atom stereocenters. The van der Waals surface area contributed by atoms with Crippen molar-refractivity contribution in [2.24, 2.45) is 5.92 Å². The highest BCUT2D eigenvalue weighted by atomic mass is 16.3. The average Bonchev–Trinajstić information content (AvgIpc) is 2.30. The third-order valence-electron chi connectivity index (χ3n) is 3.24. The third kappa shape index (κ3) is 2.55. The lowest BCUT2D eigenvalue weighted by atomic mass is 9.88. The minimum absolute atomic E-state index is 0.340. The highest BCUT2D eigenvalue weighted by Crippen LogP contribution is 2.29. The van der Waals surface area contributed by atoms with Crippen molar-refractivity contribution in [3.63, 3.8) is 0 Å². The second-order valence-electron chi connectivity index (χ2n) is 4.37. The lowest BCUT2D eigenvalue weighted by Crippen LogP contribution is -2.32. The first-order valence-electron chi connectivity index (χ1n) is 5.54. The van der Waals surface area contributed by atoms with E-state index in [4.69, 9.17) is 0 Å². The van der Waals surface area contributed by atoms with Crippen LogP contribution in [0.3, 0.4) is 0 Å². The summed E-state index contributed by atoms with van der Waals surface area (Å²) in [4.78, 5) is 6.36. The molecule has 1 aromatic heterocycles. The van der Waals surface area contributed by atoms with Gasteiger partial charge in [0.25, 0.3) is 0 Å². The first-order chi connectivity index (χ1) is 7.27. The van der Waals surface area contributed by atoms with Gasteiger partial charge in [0, 0.05) is 12.4 Å². The Balaban J connectivity index is 1.99. The summed E-state index contributed by atoms with van der Waals surface area (Å²) in [7, 11) is 2.13. The zero-order valence-corrected chi connectivity index (χ0v) is 9.13. The number of likely N-dealkylation sites (tertiary alicyclic amines) is 1. The molecular formula is C12H18N2O. The van der Waals surface area contributed by atoms with Crippen molar-refractivity contribution in [1.82, 2.24) is 9.88 Å². The Hall–Kier alpha value is -0.930. The average molecular weight is 206 g/mol. The van der Waals surface area contributed by atoms with Crippen LogP contribution >= 0.6 is 0 Å². The van der Waals surface area contributed by atoms with E-state index in [1.807, 2.05) is 12.1 Å². The van der Waals surface area contributed by atoms with Crippen molar-refractivity contribution in [2.45, 2.75) is 18.9 Å². The van der Waals surface area contributed by atoms with E-state index in [1.54, 1.807) is 12.4 Å². The third-order valence-corrected chi connectivity index (χ3v) is 3.24. The normalized spacial score (nSPS) is 21.5. The van der Waals surface area contributed by atoms with Gasteiger partial charge in [-0.25, -0.2) is 0 Å². The summed E-state index contributed by atoms with van der Waals surface area (Å²) in [6, 6.07) is 3.84. The fraction of sp³-hybridized carbons (Fsp3) is 0.583. The largest absolute Gasteiger partial charge is 0.388 e. The lowest BCUT2D eigenvalue weighted by molar-refractivity contribution is 0.0655. The number of aliphatic hydroxyl groups excluding tert-OH is 1. The Morgan fingerprint density at radius 1 is 1.47 bits per heavy atom. The summed E-state index contributed by atoms with van der Waals surface area (Å²) in [5, 5.41) is 10.2. The van der Waals surface area contributed by atoms with Crippen LogP contribution in [0.2, 0.25) is 0 Å². The number of nitrogens with zero attached hydrogens (tertiary/aromatic N) is 2. The molecule has 1 saturated heterocycles. The molecule has 1 atom stereocenters. The maximum atomic E-state index is 10.2. The lowest BCUT2D eigenvalue weighted by Gasteiger charge is -2.31. The summed E-state index contributed by atoms with van der Waals surface area (Å²) < 4.78 is 0. The molecule has 3 nitrogen and oxygen atoms in total. The van der Waals surface area contributed by atoms with Crippen LogP contribution < -0.4 is 0 Å². The van der Waals surface area contributed by atoms with Crippen molar-refractivity contribution >= 4 is 0 Å². The topological polar surface area (TPSA) is 36.4 Å². The van der Waals surface area contributed by atoms with Gasteiger partial charge < -0.3 is 10.0 Å². The SMILES string of the molecule is CN1CCC(C(O)c2cccnc2)CC1. The molecule has 1 N–H and O–H groups in total. The number of rotatable bonds is 2. The Kier molecular flexibility index (Phi) is 3.34. The van der Waals surface area contributed by atoms with Gasteiger partial charge in [0.05, 0.1) is 6.10 Å². The molecule has 1 aliphatic rings. The van der Waals surface area contributed by atoms with Gasteiger partial charge in [0.2, 0.25) is 0 Å². The number of hydrogen-bond acceptors (Lipinski definition) is 3. The van der Waals surface area contributed by atoms with Crippen molar-refractivity contribution in [3.8, 4) is 0 Å². The van der Waals surface area contributed by atoms with E-state index in [0.29, 0.717) is 5.92 Å². The first-order valence-corrected chi connectivity index (χ1v) is 5.54. The summed E-state index contributed by atoms with van der Waals surface area (Å²) >= 11 is 0. The van der Waals surface area contributed by atoms with Crippen molar-refractivity contribution in [1.29, 1.82) is 0 Å². The zero-order chi connectivity index (χ0) is 10.7. The summed E-state index contributed by atoms with van der Waals surface area (Å²) in [5.74, 6) is 0.394. The van der Waals surface area contributed by atoms with Gasteiger partial charge in [0.15, 0.2) is 0 Å². The van der Waals surface area contributed by atoms with Gasteiger partial charge in [-0.1, -0.05) is 6.07 Å². The molecule has 2 rings (SSSR count). The van der Waals surface area contributed by atoms with E-state index in [-0.39, 0.29) is 6.10 Å². The number of piperidine rings is 1. The fourth-order valence-corrected chi connectivity index (χ4v) is 2.17. The van der Waals surface area contributed by atoms with E-state index < -0.39 is 0 Å². The van der Waals surface area contributed by atoms with Crippen LogP contribution in [0.15, 0.2) is 24.5 Å². The molecule has 0 aromatic carbocycles. The van der Waals surface area contributed by atoms with E-state index in [2.05, 4.69) is 16.9 Å². The van der Waals surface area contributed by atoms with Gasteiger partial charge in [-0.2, -0.15) is 0 Å². The van der Waals surface area contributed by atoms with Gasteiger partial charge >= 0.3 is 0 Å². The predicted octanol–water partition coefficient (Wildman–Crippen LogP) is 1.46. The molecule has 2 heterocycles. The van der Waals surface area contributed by atoms with Crippen molar-refractivity contribution < 1.29 is 5.11 Å². The van der Waals surface area contributed by atoms with Crippen LogP contribution in [0.5, 0.6) is 0 Å². The number of pyridine rings is 1. The molecule has 3 heteroatoms. The van der Waals surface area contributed by atoms with Gasteiger partial charge in [0.1, 0.15) is 0 Å². The molecular weight excluding hydrogens is 188 g/mol. The van der Waals surface area contributed by atoms with Crippen molar-refractivity contribution in [2.75, 3.05) is 20.1 Å². The van der Waals surface area contributed by atoms with Crippen LogP contribution in [-0.4, -0.2) is 35.1 Å². The molecule has 0 aliphatic carbocycles.